The molecule has 0 aliphatic rings. The highest BCUT2D eigenvalue weighted by Crippen LogP contribution is 2.13. The van der Waals surface area contributed by atoms with Crippen molar-refractivity contribution in [3.8, 4) is 0 Å². The molecule has 1 atom stereocenters. The van der Waals surface area contributed by atoms with Crippen LogP contribution in [0.25, 0.3) is 0 Å². The molecule has 94 valence electrons. The molecule has 0 fully saturated rings. The molecule has 2 aromatic rings. The maximum atomic E-state index is 5.38. The average Bonchev–Trinajstić information content (AvgIpc) is 2.89. The van der Waals surface area contributed by atoms with Gasteiger partial charge >= 0.3 is 6.01 Å². The van der Waals surface area contributed by atoms with Crippen LogP contribution in [0, 0.1) is 0 Å². The molecule has 0 amide bonds. The molecule has 0 aromatic carbocycles. The number of hydrogen-bond acceptors (Lipinski definition) is 6. The van der Waals surface area contributed by atoms with Crippen LogP contribution in [0.1, 0.15) is 17.7 Å². The van der Waals surface area contributed by atoms with Gasteiger partial charge in [-0.25, -0.2) is 0 Å². The predicted octanol–water partition coefficient (Wildman–Crippen LogP) is 2.05. The second-order valence-corrected chi connectivity index (χ2v) is 4.57. The fraction of sp³-hybridized carbons (Fsp3) is 0.400. The van der Waals surface area contributed by atoms with Crippen molar-refractivity contribution in [2.24, 2.45) is 5.73 Å². The molecule has 0 radical (unpaired) electrons. The minimum atomic E-state index is 0. The number of thiophene rings is 1. The molecule has 7 heteroatoms. The summed E-state index contributed by atoms with van der Waals surface area (Å²) in [5.74, 6) is 0.450. The van der Waals surface area contributed by atoms with Crippen molar-refractivity contribution in [3.63, 3.8) is 0 Å². The van der Waals surface area contributed by atoms with E-state index in [1.807, 2.05) is 6.07 Å². The molecule has 0 saturated heterocycles. The molecule has 0 bridgehead atoms. The van der Waals surface area contributed by atoms with E-state index in [1.165, 1.54) is 4.88 Å². The highest BCUT2D eigenvalue weighted by molar-refractivity contribution is 7.09. The summed E-state index contributed by atoms with van der Waals surface area (Å²) in [5.41, 5.74) is 5.38. The third kappa shape index (κ3) is 3.99. The van der Waals surface area contributed by atoms with Crippen molar-refractivity contribution < 1.29 is 4.42 Å². The molecule has 2 rings (SSSR count). The fourth-order valence-corrected chi connectivity index (χ4v) is 2.22. The Balaban J connectivity index is 0.00000144. The predicted molar refractivity (Wildman–Crippen MR) is 70.5 cm³/mol. The third-order valence-electron chi connectivity index (χ3n) is 2.10. The Morgan fingerprint density at radius 2 is 2.35 bits per heavy atom. The molecule has 3 N–H and O–H groups in total. The minimum Gasteiger partial charge on any atom is -0.407 e. The lowest BCUT2D eigenvalue weighted by Gasteiger charge is -2.09. The van der Waals surface area contributed by atoms with Gasteiger partial charge in [-0.3, -0.25) is 0 Å². The van der Waals surface area contributed by atoms with Crippen molar-refractivity contribution in [1.82, 2.24) is 10.2 Å². The summed E-state index contributed by atoms with van der Waals surface area (Å²) in [5, 5.41) is 12.9. The Morgan fingerprint density at radius 3 is 2.94 bits per heavy atom. The number of aromatic nitrogens is 2. The van der Waals surface area contributed by atoms with Gasteiger partial charge in [-0.1, -0.05) is 11.2 Å². The van der Waals surface area contributed by atoms with E-state index < -0.39 is 0 Å². The van der Waals surface area contributed by atoms with E-state index in [0.717, 1.165) is 6.42 Å². The van der Waals surface area contributed by atoms with Gasteiger partial charge in [-0.15, -0.1) is 28.8 Å². The van der Waals surface area contributed by atoms with Crippen LogP contribution < -0.4 is 11.1 Å². The smallest absolute Gasteiger partial charge is 0.315 e. The van der Waals surface area contributed by atoms with E-state index in [9.17, 15) is 0 Å². The number of anilines is 1. The topological polar surface area (TPSA) is 77.0 Å². The molecular formula is C10H15ClN4OS. The molecular weight excluding hydrogens is 260 g/mol. The van der Waals surface area contributed by atoms with Gasteiger partial charge in [0.15, 0.2) is 0 Å². The van der Waals surface area contributed by atoms with Gasteiger partial charge in [0.1, 0.15) is 0 Å². The van der Waals surface area contributed by atoms with Crippen LogP contribution in [-0.4, -0.2) is 16.2 Å². The Hall–Kier alpha value is -1.11. The molecule has 0 spiro atoms. The van der Waals surface area contributed by atoms with Crippen LogP contribution in [0.15, 0.2) is 21.9 Å². The number of halogens is 1. The molecule has 1 unspecified atom stereocenters. The van der Waals surface area contributed by atoms with E-state index in [1.54, 1.807) is 11.3 Å². The second-order valence-electron chi connectivity index (χ2n) is 3.53. The van der Waals surface area contributed by atoms with Crippen LogP contribution in [0.2, 0.25) is 0 Å². The summed E-state index contributed by atoms with van der Waals surface area (Å²) in [6.45, 7) is 2.35. The van der Waals surface area contributed by atoms with E-state index in [0.29, 0.717) is 11.9 Å². The highest BCUT2D eigenvalue weighted by Gasteiger charge is 2.09. The number of nitrogens with zero attached hydrogens (tertiary/aromatic N) is 2. The van der Waals surface area contributed by atoms with Gasteiger partial charge in [0.2, 0.25) is 5.89 Å². The quantitative estimate of drug-likeness (QED) is 0.873. The van der Waals surface area contributed by atoms with Gasteiger partial charge < -0.3 is 15.5 Å². The monoisotopic (exact) mass is 274 g/mol. The van der Waals surface area contributed by atoms with Crippen LogP contribution in [0.3, 0.4) is 0 Å². The first-order chi connectivity index (χ1) is 7.78. The largest absolute Gasteiger partial charge is 0.407 e. The molecule has 0 aliphatic carbocycles. The van der Waals surface area contributed by atoms with Crippen LogP contribution in [0.5, 0.6) is 0 Å². The fourth-order valence-electron chi connectivity index (χ4n) is 1.39. The van der Waals surface area contributed by atoms with Crippen molar-refractivity contribution in [1.29, 1.82) is 0 Å². The van der Waals surface area contributed by atoms with Crippen LogP contribution >= 0.6 is 23.7 Å². The van der Waals surface area contributed by atoms with Gasteiger partial charge in [-0.2, -0.15) is 0 Å². The van der Waals surface area contributed by atoms with Crippen molar-refractivity contribution in [3.05, 3.63) is 28.3 Å². The Morgan fingerprint density at radius 1 is 1.53 bits per heavy atom. The van der Waals surface area contributed by atoms with Gasteiger partial charge in [-0.05, 0) is 18.4 Å². The maximum absolute atomic E-state index is 5.38. The molecule has 0 saturated carbocycles. The lowest BCUT2D eigenvalue weighted by atomic mass is 10.2. The number of hydrogen-bond donors (Lipinski definition) is 2. The summed E-state index contributed by atoms with van der Waals surface area (Å²) in [7, 11) is 0. The Bertz CT molecular complexity index is 431. The highest BCUT2D eigenvalue weighted by atomic mass is 35.5. The summed E-state index contributed by atoms with van der Waals surface area (Å²) in [6.07, 6.45) is 0.942. The maximum Gasteiger partial charge on any atom is 0.315 e. The molecule has 0 aliphatic heterocycles. The van der Waals surface area contributed by atoms with Crippen molar-refractivity contribution in [2.45, 2.75) is 25.9 Å². The SMILES string of the molecule is CC(Cc1cccs1)Nc1nnc(CN)o1.Cl. The molecule has 2 heterocycles. The van der Waals surface area contributed by atoms with E-state index in [2.05, 4.69) is 33.9 Å². The normalized spacial score (nSPS) is 11.9. The standard InChI is InChI=1S/C10H14N4OS.ClH/c1-7(5-8-3-2-4-16-8)12-10-14-13-9(6-11)15-10;/h2-4,7H,5-6,11H2,1H3,(H,12,14);1H. The first-order valence-corrected chi connectivity index (χ1v) is 5.97. The summed E-state index contributed by atoms with van der Waals surface area (Å²) in [6, 6.07) is 4.85. The molecule has 2 aromatic heterocycles. The molecule has 5 nitrogen and oxygen atoms in total. The van der Waals surface area contributed by atoms with E-state index >= 15 is 0 Å². The third-order valence-corrected chi connectivity index (χ3v) is 3.00. The summed E-state index contributed by atoms with van der Waals surface area (Å²) in [4.78, 5) is 1.33. The minimum absolute atomic E-state index is 0. The summed E-state index contributed by atoms with van der Waals surface area (Å²) >= 11 is 1.74. The van der Waals surface area contributed by atoms with Gasteiger partial charge in [0, 0.05) is 17.3 Å². The Labute approximate surface area is 110 Å². The summed E-state index contributed by atoms with van der Waals surface area (Å²) < 4.78 is 5.27. The number of nitrogens with two attached hydrogens (primary N) is 1. The van der Waals surface area contributed by atoms with Crippen LogP contribution in [0.4, 0.5) is 6.01 Å². The van der Waals surface area contributed by atoms with E-state index in [-0.39, 0.29) is 25.0 Å². The van der Waals surface area contributed by atoms with Crippen molar-refractivity contribution in [2.75, 3.05) is 5.32 Å². The van der Waals surface area contributed by atoms with Crippen LogP contribution in [-0.2, 0) is 13.0 Å². The van der Waals surface area contributed by atoms with Crippen molar-refractivity contribution >= 4 is 29.8 Å². The zero-order chi connectivity index (χ0) is 11.4. The molecule has 17 heavy (non-hydrogen) atoms. The zero-order valence-corrected chi connectivity index (χ0v) is 11.1. The zero-order valence-electron chi connectivity index (χ0n) is 9.42. The lowest BCUT2D eigenvalue weighted by molar-refractivity contribution is 0.502. The van der Waals surface area contributed by atoms with E-state index in [4.69, 9.17) is 10.2 Å². The van der Waals surface area contributed by atoms with Gasteiger partial charge in [0.25, 0.3) is 0 Å². The number of nitrogens with one attached hydrogen (secondary N) is 1. The lowest BCUT2D eigenvalue weighted by Crippen LogP contribution is -2.17. The van der Waals surface area contributed by atoms with Gasteiger partial charge in [0.05, 0.1) is 6.54 Å². The average molecular weight is 275 g/mol. The Kier molecular flexibility index (Phi) is 5.40. The second kappa shape index (κ2) is 6.58. The number of rotatable bonds is 5. The first-order valence-electron chi connectivity index (χ1n) is 5.09. The first kappa shape index (κ1) is 14.0.